The highest BCUT2D eigenvalue weighted by Crippen LogP contribution is 2.32. The summed E-state index contributed by atoms with van der Waals surface area (Å²) >= 11 is 0. The maximum absolute atomic E-state index is 10.9. The Labute approximate surface area is 116 Å². The average Bonchev–Trinajstić information content (AvgIpc) is 2.30. The molecule has 1 rings (SSSR count). The Balaban J connectivity index is 3.12. The molecule has 0 heterocycles. The van der Waals surface area contributed by atoms with E-state index in [1.807, 2.05) is 4.90 Å². The van der Waals surface area contributed by atoms with E-state index in [1.165, 1.54) is 0 Å². The Hall–Kier alpha value is -1.44. The highest BCUT2D eigenvalue weighted by atomic mass is 33.1. The average molecular weight is 300 g/mol. The SMILES string of the molecule is C=CCN(CC=C)c1ccc(N)c(SS(=O)(=O)O)c1. The Morgan fingerprint density at radius 2 is 1.89 bits per heavy atom. The van der Waals surface area contributed by atoms with Gasteiger partial charge in [0.15, 0.2) is 0 Å². The lowest BCUT2D eigenvalue weighted by molar-refractivity contribution is 0.503. The first kappa shape index (κ1) is 15.6. The summed E-state index contributed by atoms with van der Waals surface area (Å²) in [6, 6.07) is 4.99. The van der Waals surface area contributed by atoms with Gasteiger partial charge in [-0.05, 0) is 18.2 Å². The zero-order valence-electron chi connectivity index (χ0n) is 10.3. The Bertz CT molecular complexity index is 560. The van der Waals surface area contributed by atoms with Crippen molar-refractivity contribution in [1.29, 1.82) is 0 Å². The van der Waals surface area contributed by atoms with Crippen molar-refractivity contribution in [3.63, 3.8) is 0 Å². The van der Waals surface area contributed by atoms with Crippen LogP contribution in [0.25, 0.3) is 0 Å². The van der Waals surface area contributed by atoms with Crippen molar-refractivity contribution in [1.82, 2.24) is 0 Å². The summed E-state index contributed by atoms with van der Waals surface area (Å²) in [7, 11) is -3.87. The van der Waals surface area contributed by atoms with Gasteiger partial charge in [-0.15, -0.1) is 13.2 Å². The molecule has 0 unspecified atom stereocenters. The quantitative estimate of drug-likeness (QED) is 0.348. The minimum absolute atomic E-state index is 0.290. The minimum Gasteiger partial charge on any atom is -0.398 e. The summed E-state index contributed by atoms with van der Waals surface area (Å²) in [5.74, 6) is 0. The monoisotopic (exact) mass is 300 g/mol. The van der Waals surface area contributed by atoms with Gasteiger partial charge in [-0.3, -0.25) is 4.55 Å². The molecular formula is C12H16N2O3S2. The number of hydrogen-bond acceptors (Lipinski definition) is 5. The van der Waals surface area contributed by atoms with Crippen molar-refractivity contribution in [3.05, 3.63) is 43.5 Å². The highest BCUT2D eigenvalue weighted by Gasteiger charge is 2.13. The van der Waals surface area contributed by atoms with Gasteiger partial charge in [0.05, 0.1) is 4.90 Å². The van der Waals surface area contributed by atoms with Gasteiger partial charge in [0.2, 0.25) is 0 Å². The number of rotatable bonds is 7. The smallest absolute Gasteiger partial charge is 0.324 e. The van der Waals surface area contributed by atoms with Crippen LogP contribution in [0.3, 0.4) is 0 Å². The van der Waals surface area contributed by atoms with E-state index < -0.39 is 9.15 Å². The largest absolute Gasteiger partial charge is 0.398 e. The van der Waals surface area contributed by atoms with Crippen LogP contribution in [-0.2, 0) is 9.15 Å². The molecule has 5 nitrogen and oxygen atoms in total. The molecule has 0 radical (unpaired) electrons. The maximum atomic E-state index is 10.9. The molecule has 0 spiro atoms. The first-order chi connectivity index (χ1) is 8.87. The van der Waals surface area contributed by atoms with E-state index in [9.17, 15) is 8.42 Å². The molecule has 0 saturated heterocycles. The van der Waals surface area contributed by atoms with E-state index >= 15 is 0 Å². The number of nitrogens with zero attached hydrogens (tertiary/aromatic N) is 1. The van der Waals surface area contributed by atoms with Gasteiger partial charge in [-0.2, -0.15) is 8.42 Å². The van der Waals surface area contributed by atoms with Gasteiger partial charge in [-0.1, -0.05) is 12.2 Å². The standard InChI is InChI=1S/C12H16N2O3S2/c1-3-7-14(8-4-2)10-5-6-11(13)12(9-10)18-19(15,16)17/h3-6,9H,1-2,7-8,13H2,(H,15,16,17). The third kappa shape index (κ3) is 4.98. The number of nitrogens with two attached hydrogens (primary N) is 1. The molecule has 7 heteroatoms. The van der Waals surface area contributed by atoms with Crippen molar-refractivity contribution in [2.45, 2.75) is 4.90 Å². The van der Waals surface area contributed by atoms with E-state index in [1.54, 1.807) is 30.4 Å². The molecule has 0 fully saturated rings. The first-order valence-electron chi connectivity index (χ1n) is 5.40. The van der Waals surface area contributed by atoms with Crippen LogP contribution in [0, 0.1) is 0 Å². The van der Waals surface area contributed by atoms with Crippen molar-refractivity contribution < 1.29 is 13.0 Å². The molecule has 0 bridgehead atoms. The summed E-state index contributed by atoms with van der Waals surface area (Å²) in [6.07, 6.45) is 3.46. The molecule has 104 valence electrons. The molecule has 19 heavy (non-hydrogen) atoms. The van der Waals surface area contributed by atoms with Crippen molar-refractivity contribution in [2.24, 2.45) is 0 Å². The van der Waals surface area contributed by atoms with Gasteiger partial charge < -0.3 is 10.6 Å². The first-order valence-corrected chi connectivity index (χ1v) is 8.18. The Morgan fingerprint density at radius 1 is 1.32 bits per heavy atom. The second-order valence-electron chi connectivity index (χ2n) is 3.72. The number of benzene rings is 1. The fourth-order valence-corrected chi connectivity index (χ4v) is 3.18. The van der Waals surface area contributed by atoms with Crippen LogP contribution in [0.2, 0.25) is 0 Å². The van der Waals surface area contributed by atoms with Gasteiger partial charge >= 0.3 is 9.15 Å². The second kappa shape index (κ2) is 6.65. The molecule has 0 amide bonds. The van der Waals surface area contributed by atoms with Crippen LogP contribution in [0.15, 0.2) is 48.4 Å². The summed E-state index contributed by atoms with van der Waals surface area (Å²) in [6.45, 7) is 8.51. The Morgan fingerprint density at radius 3 is 2.37 bits per heavy atom. The zero-order valence-corrected chi connectivity index (χ0v) is 12.0. The molecule has 0 saturated carbocycles. The molecule has 3 N–H and O–H groups in total. The zero-order chi connectivity index (χ0) is 14.5. The molecule has 0 aliphatic heterocycles. The van der Waals surface area contributed by atoms with Crippen LogP contribution in [0.5, 0.6) is 0 Å². The fourth-order valence-electron chi connectivity index (χ4n) is 1.50. The van der Waals surface area contributed by atoms with E-state index in [-0.39, 0.29) is 4.90 Å². The number of nitrogen functional groups attached to an aromatic ring is 1. The minimum atomic E-state index is -4.19. The van der Waals surface area contributed by atoms with Crippen LogP contribution in [-0.4, -0.2) is 26.1 Å². The number of anilines is 2. The number of hydrogen-bond donors (Lipinski definition) is 2. The van der Waals surface area contributed by atoms with Crippen molar-refractivity contribution >= 4 is 31.3 Å². The van der Waals surface area contributed by atoms with Crippen LogP contribution in [0.4, 0.5) is 11.4 Å². The Kier molecular flexibility index (Phi) is 5.46. The summed E-state index contributed by atoms with van der Waals surface area (Å²) in [5.41, 5.74) is 6.76. The lowest BCUT2D eigenvalue weighted by atomic mass is 10.2. The summed E-state index contributed by atoms with van der Waals surface area (Å²) in [5, 5.41) is 0. The molecule has 1 aromatic rings. The van der Waals surface area contributed by atoms with Crippen LogP contribution < -0.4 is 10.6 Å². The van der Waals surface area contributed by atoms with E-state index in [4.69, 9.17) is 10.3 Å². The van der Waals surface area contributed by atoms with E-state index in [2.05, 4.69) is 13.2 Å². The van der Waals surface area contributed by atoms with E-state index in [0.717, 1.165) is 5.69 Å². The van der Waals surface area contributed by atoms with Gasteiger partial charge in [0, 0.05) is 35.3 Å². The molecule has 1 aromatic carbocycles. The lowest BCUT2D eigenvalue weighted by Crippen LogP contribution is -2.23. The van der Waals surface area contributed by atoms with E-state index in [0.29, 0.717) is 29.6 Å². The normalized spacial score (nSPS) is 11.0. The van der Waals surface area contributed by atoms with Crippen LogP contribution >= 0.6 is 10.8 Å². The van der Waals surface area contributed by atoms with Gasteiger partial charge in [0.25, 0.3) is 0 Å². The molecule has 0 atom stereocenters. The predicted molar refractivity (Wildman–Crippen MR) is 80.9 cm³/mol. The van der Waals surface area contributed by atoms with Crippen molar-refractivity contribution in [2.75, 3.05) is 23.7 Å². The second-order valence-corrected chi connectivity index (χ2v) is 6.94. The molecule has 0 aliphatic rings. The van der Waals surface area contributed by atoms with Gasteiger partial charge in [0.1, 0.15) is 0 Å². The van der Waals surface area contributed by atoms with Gasteiger partial charge in [-0.25, -0.2) is 0 Å². The van der Waals surface area contributed by atoms with Crippen molar-refractivity contribution in [3.8, 4) is 0 Å². The molecule has 0 aromatic heterocycles. The topological polar surface area (TPSA) is 83.6 Å². The predicted octanol–water partition coefficient (Wildman–Crippen LogP) is 2.34. The van der Waals surface area contributed by atoms with Crippen LogP contribution in [0.1, 0.15) is 0 Å². The lowest BCUT2D eigenvalue weighted by Gasteiger charge is -2.22. The summed E-state index contributed by atoms with van der Waals surface area (Å²) < 4.78 is 30.7. The molecule has 0 aliphatic carbocycles. The fraction of sp³-hybridized carbons (Fsp3) is 0.167. The third-order valence-corrected chi connectivity index (χ3v) is 4.17. The third-order valence-electron chi connectivity index (χ3n) is 2.26. The molecular weight excluding hydrogens is 284 g/mol. The maximum Gasteiger partial charge on any atom is 0.324 e. The highest BCUT2D eigenvalue weighted by molar-refractivity contribution is 8.70. The summed E-state index contributed by atoms with van der Waals surface area (Å²) in [4.78, 5) is 2.23.